The molecule has 17 nitrogen and oxygen atoms in total. The minimum atomic E-state index is -1.56. The Hall–Kier alpha value is -6.18. The number of fused-ring (bicyclic) bond motifs is 5. The van der Waals surface area contributed by atoms with Crippen molar-refractivity contribution in [2.24, 2.45) is 36.1 Å². The minimum Gasteiger partial charge on any atom is -0.504 e. The number of carbonyl (C=O) groups is 4. The van der Waals surface area contributed by atoms with Gasteiger partial charge in [-0.1, -0.05) is 39.2 Å². The Kier molecular flexibility index (Phi) is 9.83. The van der Waals surface area contributed by atoms with Crippen LogP contribution in [0, 0.1) is 56.2 Å². The van der Waals surface area contributed by atoms with Crippen LogP contribution in [-0.4, -0.2) is 69.6 Å². The summed E-state index contributed by atoms with van der Waals surface area (Å²) in [6.07, 6.45) is 1.72. The molecule has 0 radical (unpaired) electrons. The first kappa shape index (κ1) is 42.1. The zero-order valence-electron chi connectivity index (χ0n) is 34.4. The van der Waals surface area contributed by atoms with Gasteiger partial charge in [-0.2, -0.15) is 5.10 Å². The van der Waals surface area contributed by atoms with Crippen molar-refractivity contribution in [3.8, 4) is 22.1 Å². The van der Waals surface area contributed by atoms with Gasteiger partial charge in [0.1, 0.15) is 11.5 Å². The third kappa shape index (κ3) is 6.02. The lowest BCUT2D eigenvalue weighted by Gasteiger charge is -2.49. The van der Waals surface area contributed by atoms with Crippen molar-refractivity contribution in [2.75, 3.05) is 35.9 Å². The van der Waals surface area contributed by atoms with E-state index in [9.17, 15) is 34.9 Å². The molecule has 2 aromatic heterocycles. The van der Waals surface area contributed by atoms with Gasteiger partial charge in [-0.15, -0.1) is 11.3 Å². The molecule has 0 unspecified atom stereocenters. The van der Waals surface area contributed by atoms with E-state index < -0.39 is 79.9 Å². The second-order valence-electron chi connectivity index (χ2n) is 16.7. The molecule has 324 valence electrons. The number of aromatic hydroxyl groups is 1. The van der Waals surface area contributed by atoms with Crippen molar-refractivity contribution in [3.63, 3.8) is 0 Å². The average molecular weight is 959 g/mol. The van der Waals surface area contributed by atoms with Gasteiger partial charge in [-0.25, -0.2) is 9.80 Å². The molecule has 0 bridgehead atoms. The van der Waals surface area contributed by atoms with Gasteiger partial charge in [0.05, 0.1) is 50.7 Å². The molecule has 4 amide bonds. The third-order valence-electron chi connectivity index (χ3n) is 13.2. The van der Waals surface area contributed by atoms with Crippen LogP contribution in [0.1, 0.15) is 36.8 Å². The van der Waals surface area contributed by atoms with Crippen LogP contribution >= 0.6 is 38.9 Å². The van der Waals surface area contributed by atoms with Gasteiger partial charge >= 0.3 is 11.4 Å². The number of aromatic nitrogens is 2. The second kappa shape index (κ2) is 14.7. The summed E-state index contributed by atoms with van der Waals surface area (Å²) in [5.41, 5.74) is -1.31. The Morgan fingerprint density at radius 1 is 0.984 bits per heavy atom. The number of ether oxygens (including phenoxy) is 1. The van der Waals surface area contributed by atoms with Crippen molar-refractivity contribution in [2.45, 2.75) is 32.6 Å². The Labute approximate surface area is 375 Å². The standard InChI is InChI=1S/C43H37BrClN7O10S/c1-18-24-13-20(45)7-10-32(24)63-38(18)28-17-33(48(5)46-28)50-40(55)27-16-25-22(35(43(27,2)42(50)57)26-11-19(44)12-31(62-6)37(26)53)8-9-23-34(25)41(56)49(39(23)54)21-14-29(51(58)59)36(47(3)4)30(15-21)52(60)61/h7-8,10-15,17,23,25,27,34-35,53H,9,16H2,1-6H3/t23-,25+,27-,34-,35+,43+/m0/s1. The molecule has 4 aliphatic rings. The van der Waals surface area contributed by atoms with E-state index in [-0.39, 0.29) is 47.1 Å². The van der Waals surface area contributed by atoms with E-state index in [1.165, 1.54) is 42.1 Å². The number of rotatable bonds is 8. The van der Waals surface area contributed by atoms with Gasteiger partial charge in [0.15, 0.2) is 17.2 Å². The summed E-state index contributed by atoms with van der Waals surface area (Å²) in [7, 11) is 5.82. The predicted molar refractivity (Wildman–Crippen MR) is 237 cm³/mol. The molecule has 0 spiro atoms. The van der Waals surface area contributed by atoms with Crippen LogP contribution in [0.15, 0.2) is 64.7 Å². The summed E-state index contributed by atoms with van der Waals surface area (Å²) >= 11 is 11.3. The molecule has 1 N–H and O–H groups in total. The quantitative estimate of drug-likeness (QED) is 0.0677. The SMILES string of the molecule is COc1cc(Br)cc([C@H]2C3=CC[C@@H]4C(=O)N(c5cc([N+](=O)[O-])c(N(C)C)c([N+](=O)[O-])c5)C(=O)[C@@H]4[C@@H]3C[C@H]3C(=O)N(c4cc(-c5sc6ccc(Cl)cc6c5C)nn4C)C(=O)[C@@]23C)c1O. The largest absolute Gasteiger partial charge is 0.504 e. The highest BCUT2D eigenvalue weighted by molar-refractivity contribution is 9.10. The van der Waals surface area contributed by atoms with E-state index in [0.29, 0.717) is 20.8 Å². The highest BCUT2D eigenvalue weighted by Crippen LogP contribution is 2.65. The van der Waals surface area contributed by atoms with Crippen LogP contribution < -0.4 is 19.4 Å². The zero-order valence-corrected chi connectivity index (χ0v) is 37.6. The Morgan fingerprint density at radius 3 is 2.30 bits per heavy atom. The summed E-state index contributed by atoms with van der Waals surface area (Å²) in [5, 5.41) is 42.7. The molecular weight excluding hydrogens is 922 g/mol. The number of aryl methyl sites for hydroxylation is 2. The lowest BCUT2D eigenvalue weighted by molar-refractivity contribution is -0.392. The molecule has 1 saturated carbocycles. The molecule has 20 heteroatoms. The molecule has 2 saturated heterocycles. The van der Waals surface area contributed by atoms with E-state index in [0.717, 1.165) is 42.5 Å². The maximum atomic E-state index is 15.3. The Morgan fingerprint density at radius 2 is 1.67 bits per heavy atom. The smallest absolute Gasteiger partial charge is 0.301 e. The maximum Gasteiger partial charge on any atom is 0.301 e. The first-order valence-corrected chi connectivity index (χ1v) is 21.7. The number of thiophene rings is 1. The van der Waals surface area contributed by atoms with E-state index in [1.54, 1.807) is 44.3 Å². The Balaban J connectivity index is 1.17. The summed E-state index contributed by atoms with van der Waals surface area (Å²) in [6.45, 7) is 3.62. The molecule has 2 aliphatic carbocycles. The van der Waals surface area contributed by atoms with Crippen LogP contribution in [-0.2, 0) is 26.2 Å². The number of amides is 4. The molecule has 6 atom stereocenters. The van der Waals surface area contributed by atoms with Crippen LogP contribution in [0.3, 0.4) is 0 Å². The lowest BCUT2D eigenvalue weighted by Crippen LogP contribution is -2.49. The number of phenols is 1. The predicted octanol–water partition coefficient (Wildman–Crippen LogP) is 8.06. The van der Waals surface area contributed by atoms with Gasteiger partial charge in [0.25, 0.3) is 0 Å². The molecule has 3 aromatic carbocycles. The summed E-state index contributed by atoms with van der Waals surface area (Å²) in [5.74, 6) is -7.70. The van der Waals surface area contributed by atoms with E-state index in [4.69, 9.17) is 21.4 Å². The highest BCUT2D eigenvalue weighted by atomic mass is 79.9. The first-order chi connectivity index (χ1) is 29.8. The number of methoxy groups -OCH3 is 1. The molecule has 2 aliphatic heterocycles. The number of halogens is 2. The number of hydrogen-bond donors (Lipinski definition) is 1. The number of imide groups is 2. The lowest BCUT2D eigenvalue weighted by atomic mass is 9.51. The monoisotopic (exact) mass is 957 g/mol. The number of allylic oxidation sites excluding steroid dienone is 2. The number of hydrogen-bond acceptors (Lipinski definition) is 13. The topological polar surface area (TPSA) is 212 Å². The number of carbonyl (C=O) groups excluding carboxylic acids is 4. The number of benzene rings is 3. The van der Waals surface area contributed by atoms with Gasteiger partial charge < -0.3 is 14.7 Å². The van der Waals surface area contributed by atoms with Crippen molar-refractivity contribution < 1.29 is 38.9 Å². The number of anilines is 3. The summed E-state index contributed by atoms with van der Waals surface area (Å²) in [4.78, 5) is 86.4. The fraction of sp³-hybridized carbons (Fsp3) is 0.326. The molecule has 3 fully saturated rings. The van der Waals surface area contributed by atoms with Crippen LogP contribution in [0.2, 0.25) is 5.02 Å². The number of phenolic OH excluding ortho intramolecular Hbond substituents is 1. The maximum absolute atomic E-state index is 15.3. The second-order valence-corrected chi connectivity index (χ2v) is 19.1. The highest BCUT2D eigenvalue weighted by Gasteiger charge is 2.68. The van der Waals surface area contributed by atoms with Gasteiger partial charge in [-0.3, -0.25) is 44.1 Å². The van der Waals surface area contributed by atoms with Crippen LogP contribution in [0.25, 0.3) is 20.7 Å². The van der Waals surface area contributed by atoms with E-state index in [1.807, 2.05) is 19.1 Å². The van der Waals surface area contributed by atoms with E-state index >= 15 is 9.59 Å². The first-order valence-electron chi connectivity index (χ1n) is 19.7. The van der Waals surface area contributed by atoms with Gasteiger partial charge in [0, 0.05) is 65.0 Å². The molecule has 5 aromatic rings. The van der Waals surface area contributed by atoms with E-state index in [2.05, 4.69) is 15.9 Å². The summed E-state index contributed by atoms with van der Waals surface area (Å²) in [6, 6.07) is 12.4. The third-order valence-corrected chi connectivity index (χ3v) is 15.2. The van der Waals surface area contributed by atoms with Crippen molar-refractivity contribution in [1.82, 2.24) is 9.78 Å². The van der Waals surface area contributed by atoms with Gasteiger partial charge in [-0.05, 0) is 73.9 Å². The van der Waals surface area contributed by atoms with Gasteiger partial charge in [0.2, 0.25) is 23.6 Å². The van der Waals surface area contributed by atoms with Crippen LogP contribution in [0.5, 0.6) is 11.5 Å². The molecule has 9 rings (SSSR count). The van der Waals surface area contributed by atoms with Crippen molar-refractivity contribution in [3.05, 3.63) is 101 Å². The van der Waals surface area contributed by atoms with Crippen molar-refractivity contribution in [1.29, 1.82) is 0 Å². The molecule has 4 heterocycles. The summed E-state index contributed by atoms with van der Waals surface area (Å²) < 4.78 is 8.47. The molecule has 63 heavy (non-hydrogen) atoms. The average Bonchev–Trinajstić information content (AvgIpc) is 3.90. The molecular formula is C43H37BrClN7O10S. The van der Waals surface area contributed by atoms with Crippen molar-refractivity contribution >= 4 is 101 Å². The number of nitrogens with zero attached hydrogens (tertiary/aromatic N) is 7. The van der Waals surface area contributed by atoms with Crippen LogP contribution in [0.4, 0.5) is 28.6 Å². The number of nitro benzene ring substituents is 2. The fourth-order valence-corrected chi connectivity index (χ4v) is 12.2. The Bertz CT molecular complexity index is 2930. The fourth-order valence-electron chi connectivity index (χ4n) is 10.5. The minimum absolute atomic E-state index is 0.00262. The zero-order chi connectivity index (χ0) is 45.3. The number of nitro groups is 2. The normalized spacial score (nSPS) is 24.1.